The molecule has 2 atom stereocenters. The van der Waals surface area contributed by atoms with E-state index in [0.29, 0.717) is 30.8 Å². The van der Waals surface area contributed by atoms with E-state index in [1.807, 2.05) is 0 Å². The number of rotatable bonds is 14. The highest BCUT2D eigenvalue weighted by Gasteiger charge is 2.45. The number of alkyl halides is 3. The van der Waals surface area contributed by atoms with Gasteiger partial charge >= 0.3 is 6.18 Å². The molecule has 62 heavy (non-hydrogen) atoms. The average Bonchev–Trinajstić information content (AvgIpc) is 3.68. The van der Waals surface area contributed by atoms with Crippen molar-refractivity contribution in [3.05, 3.63) is 128 Å². The zero-order valence-electron chi connectivity index (χ0n) is 32.4. The maximum atomic E-state index is 14.3. The number of amides is 7. The van der Waals surface area contributed by atoms with E-state index in [2.05, 4.69) is 26.6 Å². The van der Waals surface area contributed by atoms with E-state index in [1.165, 1.54) is 24.3 Å². The molecule has 0 aromatic heterocycles. The maximum Gasteiger partial charge on any atom is 0.416 e. The number of carbonyl (C=O) groups excluding carboxylic acids is 7. The molecule has 13 nitrogen and oxygen atoms in total. The summed E-state index contributed by atoms with van der Waals surface area (Å²) in [4.78, 5) is 90.7. The topological polar surface area (TPSA) is 183 Å². The summed E-state index contributed by atoms with van der Waals surface area (Å²) in [5, 5.41) is 13.3. The summed E-state index contributed by atoms with van der Waals surface area (Å²) >= 11 is 6.35. The molecule has 1 saturated heterocycles. The van der Waals surface area contributed by atoms with E-state index < -0.39 is 82.4 Å². The van der Waals surface area contributed by atoms with Crippen molar-refractivity contribution in [2.45, 2.75) is 63.2 Å². The van der Waals surface area contributed by atoms with Gasteiger partial charge in [0.1, 0.15) is 17.7 Å². The van der Waals surface area contributed by atoms with Crippen LogP contribution in [0, 0.1) is 11.6 Å². The van der Waals surface area contributed by atoms with Crippen LogP contribution in [-0.2, 0) is 15.8 Å². The molecule has 3 heterocycles. The van der Waals surface area contributed by atoms with E-state index >= 15 is 0 Å². The molecule has 3 aliphatic rings. The molecule has 0 saturated carbocycles. The van der Waals surface area contributed by atoms with Gasteiger partial charge in [-0.05, 0) is 86.0 Å². The predicted octanol–water partition coefficient (Wildman–Crippen LogP) is 6.92. The molecule has 0 spiro atoms. The first-order valence-corrected chi connectivity index (χ1v) is 19.9. The number of nitrogens with one attached hydrogen (secondary N) is 5. The number of hydrogen-bond donors (Lipinski definition) is 5. The molecule has 4 aromatic rings. The van der Waals surface area contributed by atoms with Crippen LogP contribution in [0.2, 0.25) is 5.02 Å². The summed E-state index contributed by atoms with van der Waals surface area (Å²) in [7, 11) is 0. The summed E-state index contributed by atoms with van der Waals surface area (Å²) < 4.78 is 68.9. The minimum Gasteiger partial charge on any atom is -0.385 e. The molecule has 322 valence electrons. The van der Waals surface area contributed by atoms with Crippen LogP contribution in [0.3, 0.4) is 0 Å². The molecular weight excluding hydrogens is 843 g/mol. The first-order valence-electron chi connectivity index (χ1n) is 19.5. The highest BCUT2D eigenvalue weighted by molar-refractivity contribution is 6.31. The molecule has 1 fully saturated rings. The zero-order chi connectivity index (χ0) is 44.5. The van der Waals surface area contributed by atoms with Gasteiger partial charge in [0, 0.05) is 63.7 Å². The number of piperidine rings is 1. The van der Waals surface area contributed by atoms with Crippen LogP contribution >= 0.6 is 11.6 Å². The number of unbranched alkanes of at least 4 members (excludes halogenated alkanes) is 4. The molecule has 4 aromatic carbocycles. The Bertz CT molecular complexity index is 2550. The molecule has 19 heteroatoms. The molecule has 0 radical (unpaired) electrons. The van der Waals surface area contributed by atoms with Crippen molar-refractivity contribution < 1.29 is 55.5 Å². The van der Waals surface area contributed by atoms with Gasteiger partial charge in [-0.2, -0.15) is 13.2 Å². The van der Waals surface area contributed by atoms with Crippen molar-refractivity contribution >= 4 is 64.3 Å². The van der Waals surface area contributed by atoms with Crippen molar-refractivity contribution in [1.29, 1.82) is 0 Å². The Hall–Kier alpha value is -6.69. The minimum atomic E-state index is -4.96. The average molecular weight is 879 g/mol. The lowest BCUT2D eigenvalue weighted by molar-refractivity contribution is -0.138. The van der Waals surface area contributed by atoms with Crippen molar-refractivity contribution in [2.75, 3.05) is 23.7 Å². The Morgan fingerprint density at radius 1 is 0.758 bits per heavy atom. The van der Waals surface area contributed by atoms with Crippen molar-refractivity contribution in [2.24, 2.45) is 0 Å². The first-order chi connectivity index (χ1) is 29.5. The number of carbonyl (C=O) groups is 7. The summed E-state index contributed by atoms with van der Waals surface area (Å²) in [6.45, 7) is 0.777. The number of nitrogens with zero attached hydrogens (tertiary/aromatic N) is 1. The standard InChI is InChI=1S/C43H36ClF5N6O7/c44-31-9-6-24(45)19-29(31)36-35-30(39(59)54-36)16-22(17-32(35)52-38(58)21-14-23(43(47,48)49)18-25(46)15-21)37(57)51-13-5-3-1-2-4-12-50-26-7-8-27-28(20-26)42(62)55(41(27)61)33-10-11-34(56)53-40(33)60/h6-9,14-20,33,36,50H,1-5,10-13H2,(H,51,57)(H,52,58)(H,54,59)(H,53,56,60)/t33?,36-/m0/s1. The second-order valence-corrected chi connectivity index (χ2v) is 15.3. The van der Waals surface area contributed by atoms with Crippen molar-refractivity contribution in [3.63, 3.8) is 0 Å². The highest BCUT2D eigenvalue weighted by Crippen LogP contribution is 2.41. The zero-order valence-corrected chi connectivity index (χ0v) is 33.2. The Kier molecular flexibility index (Phi) is 12.4. The van der Waals surface area contributed by atoms with Gasteiger partial charge in [0.25, 0.3) is 29.5 Å². The second kappa shape index (κ2) is 17.7. The van der Waals surface area contributed by atoms with Crippen LogP contribution in [0.5, 0.6) is 0 Å². The lowest BCUT2D eigenvalue weighted by Crippen LogP contribution is -2.54. The third-order valence-electron chi connectivity index (χ3n) is 10.7. The molecule has 7 rings (SSSR count). The third kappa shape index (κ3) is 9.14. The van der Waals surface area contributed by atoms with Gasteiger partial charge in [0.2, 0.25) is 11.8 Å². The van der Waals surface area contributed by atoms with Gasteiger partial charge in [-0.1, -0.05) is 30.9 Å². The molecule has 1 unspecified atom stereocenters. The Labute approximate surface area is 354 Å². The van der Waals surface area contributed by atoms with Crippen molar-refractivity contribution in [3.8, 4) is 0 Å². The number of fused-ring (bicyclic) bond motifs is 2. The van der Waals surface area contributed by atoms with E-state index in [0.717, 1.165) is 42.7 Å². The van der Waals surface area contributed by atoms with Gasteiger partial charge in [-0.3, -0.25) is 43.8 Å². The van der Waals surface area contributed by atoms with Gasteiger partial charge in [-0.25, -0.2) is 8.78 Å². The van der Waals surface area contributed by atoms with E-state index in [1.54, 1.807) is 12.1 Å². The Morgan fingerprint density at radius 2 is 1.47 bits per heavy atom. The predicted molar refractivity (Wildman–Crippen MR) is 214 cm³/mol. The highest BCUT2D eigenvalue weighted by atomic mass is 35.5. The maximum absolute atomic E-state index is 14.3. The monoisotopic (exact) mass is 878 g/mol. The van der Waals surface area contributed by atoms with Crippen LogP contribution in [0.25, 0.3) is 0 Å². The molecule has 0 bridgehead atoms. The fraction of sp³-hybridized carbons (Fsp3) is 0.279. The van der Waals surface area contributed by atoms with Crippen LogP contribution in [0.4, 0.5) is 33.3 Å². The number of imide groups is 2. The number of halogens is 6. The van der Waals surface area contributed by atoms with Gasteiger partial charge in [-0.15, -0.1) is 0 Å². The largest absolute Gasteiger partial charge is 0.416 e. The Balaban J connectivity index is 0.938. The number of benzene rings is 4. The van der Waals surface area contributed by atoms with Crippen LogP contribution < -0.4 is 26.6 Å². The van der Waals surface area contributed by atoms with Crippen LogP contribution in [-0.4, -0.2) is 65.4 Å². The summed E-state index contributed by atoms with van der Waals surface area (Å²) in [6, 6.07) is 9.74. The Morgan fingerprint density at radius 3 is 2.21 bits per heavy atom. The van der Waals surface area contributed by atoms with E-state index in [4.69, 9.17) is 11.6 Å². The van der Waals surface area contributed by atoms with Gasteiger partial charge < -0.3 is 21.3 Å². The SMILES string of the molecule is O=C1CCC(N2C(=O)c3ccc(NCCCCCCCNC(=O)c4cc(NC(=O)c5cc(F)cc(C(F)(F)F)c5)c5c(c4)C(=O)N[C@H]5c4cc(F)ccc4Cl)cc3C2=O)C(=O)N1. The van der Waals surface area contributed by atoms with E-state index in [9.17, 15) is 55.5 Å². The first kappa shape index (κ1) is 43.4. The molecule has 0 aliphatic carbocycles. The fourth-order valence-electron chi connectivity index (χ4n) is 7.61. The quantitative estimate of drug-likeness (QED) is 0.0514. The number of hydrogen-bond acceptors (Lipinski definition) is 8. The fourth-order valence-corrected chi connectivity index (χ4v) is 7.84. The second-order valence-electron chi connectivity index (χ2n) is 14.9. The molecule has 7 amide bonds. The van der Waals surface area contributed by atoms with Gasteiger partial charge in [0.15, 0.2) is 0 Å². The van der Waals surface area contributed by atoms with Gasteiger partial charge in [0.05, 0.1) is 22.7 Å². The lowest BCUT2D eigenvalue weighted by Gasteiger charge is -2.27. The molecular formula is C43H36ClF5N6O7. The minimum absolute atomic E-state index is 0.0218. The van der Waals surface area contributed by atoms with Crippen molar-refractivity contribution in [1.82, 2.24) is 20.9 Å². The smallest absolute Gasteiger partial charge is 0.385 e. The van der Waals surface area contributed by atoms with Crippen LogP contribution in [0.1, 0.15) is 119 Å². The van der Waals surface area contributed by atoms with E-state index in [-0.39, 0.29) is 69.5 Å². The third-order valence-corrected chi connectivity index (χ3v) is 11.0. The van der Waals surface area contributed by atoms with Crippen LogP contribution in [0.15, 0.2) is 66.7 Å². The molecule has 5 N–H and O–H groups in total. The summed E-state index contributed by atoms with van der Waals surface area (Å²) in [5.74, 6) is -6.86. The lowest BCUT2D eigenvalue weighted by atomic mass is 9.94. The summed E-state index contributed by atoms with van der Waals surface area (Å²) in [6.07, 6.45) is -1.23. The summed E-state index contributed by atoms with van der Waals surface area (Å²) in [5.41, 5.74) is -1.32. The normalized spacial score (nSPS) is 17.1. The molecule has 3 aliphatic heterocycles. The number of anilines is 2.